The van der Waals surface area contributed by atoms with Gasteiger partial charge in [-0.25, -0.2) is 0 Å². The van der Waals surface area contributed by atoms with E-state index >= 15 is 0 Å². The number of hydrogen-bond donors (Lipinski definition) is 0. The van der Waals surface area contributed by atoms with Crippen LogP contribution in [-0.2, 0) is 4.57 Å². The van der Waals surface area contributed by atoms with Crippen LogP contribution >= 0.6 is 7.14 Å². The molecule has 0 bridgehead atoms. The van der Waals surface area contributed by atoms with Crippen molar-refractivity contribution in [3.8, 4) is 22.4 Å². The van der Waals surface area contributed by atoms with E-state index in [1.54, 1.807) is 0 Å². The zero-order valence-electron chi connectivity index (χ0n) is 17.5. The Hall–Kier alpha value is -3.74. The van der Waals surface area contributed by atoms with Gasteiger partial charge in [-0.05, 0) is 29.3 Å². The van der Waals surface area contributed by atoms with Crippen LogP contribution in [0, 0.1) is 0 Å². The van der Waals surface area contributed by atoms with Gasteiger partial charge in [0.15, 0.2) is 7.14 Å². The van der Waals surface area contributed by atoms with Gasteiger partial charge in [0.2, 0.25) is 0 Å². The zero-order valence-corrected chi connectivity index (χ0v) is 18.4. The summed E-state index contributed by atoms with van der Waals surface area (Å²) in [5.41, 5.74) is 4.06. The molecule has 0 saturated carbocycles. The van der Waals surface area contributed by atoms with Gasteiger partial charge in [-0.1, -0.05) is 109 Å². The van der Waals surface area contributed by atoms with Gasteiger partial charge in [-0.2, -0.15) is 0 Å². The Morgan fingerprint density at radius 2 is 1.00 bits per heavy atom. The molecule has 2 nitrogen and oxygen atoms in total. The largest absolute Gasteiger partial charge is 0.309 e. The van der Waals surface area contributed by atoms with Crippen molar-refractivity contribution in [3.63, 3.8) is 0 Å². The first-order valence-corrected chi connectivity index (χ1v) is 12.3. The van der Waals surface area contributed by atoms with Gasteiger partial charge in [0.25, 0.3) is 0 Å². The van der Waals surface area contributed by atoms with E-state index in [0.29, 0.717) is 0 Å². The Balaban J connectivity index is 1.64. The highest BCUT2D eigenvalue weighted by Gasteiger charge is 2.29. The molecule has 0 saturated heterocycles. The van der Waals surface area contributed by atoms with Crippen LogP contribution in [0.5, 0.6) is 0 Å². The molecule has 0 amide bonds. The minimum Gasteiger partial charge on any atom is -0.309 e. The lowest BCUT2D eigenvalue weighted by Gasteiger charge is -2.20. The van der Waals surface area contributed by atoms with Gasteiger partial charge in [0, 0.05) is 27.7 Å². The molecule has 0 aliphatic heterocycles. The van der Waals surface area contributed by atoms with Gasteiger partial charge in [-0.3, -0.25) is 4.98 Å². The molecule has 0 atom stereocenters. The van der Waals surface area contributed by atoms with Crippen molar-refractivity contribution >= 4 is 23.1 Å². The fraction of sp³-hybridized carbons (Fsp3) is 0. The molecular weight excluding hydrogens is 409 g/mol. The van der Waals surface area contributed by atoms with Gasteiger partial charge in [-0.15, -0.1) is 0 Å². The van der Waals surface area contributed by atoms with Crippen LogP contribution in [0.2, 0.25) is 0 Å². The molecule has 0 fully saturated rings. The normalized spacial score (nSPS) is 11.2. The van der Waals surface area contributed by atoms with Gasteiger partial charge >= 0.3 is 0 Å². The van der Waals surface area contributed by atoms with E-state index in [1.807, 2.05) is 115 Å². The van der Waals surface area contributed by atoms with Crippen molar-refractivity contribution < 1.29 is 4.57 Å². The third kappa shape index (κ3) is 3.82. The van der Waals surface area contributed by atoms with Gasteiger partial charge in [0.05, 0.1) is 5.69 Å². The molecule has 0 aliphatic carbocycles. The minimum absolute atomic E-state index is 0.805. The van der Waals surface area contributed by atoms with Crippen molar-refractivity contribution in [1.29, 1.82) is 0 Å². The second-order valence-corrected chi connectivity index (χ2v) is 10.4. The summed E-state index contributed by atoms with van der Waals surface area (Å²) in [6.07, 6.45) is 1.83. The summed E-state index contributed by atoms with van der Waals surface area (Å²) in [5.74, 6) is 0. The van der Waals surface area contributed by atoms with Crippen molar-refractivity contribution in [2.24, 2.45) is 0 Å². The van der Waals surface area contributed by atoms with E-state index in [4.69, 9.17) is 0 Å². The third-order valence-electron chi connectivity index (χ3n) is 5.61. The topological polar surface area (TPSA) is 30.0 Å². The lowest BCUT2D eigenvalue weighted by molar-refractivity contribution is 0.592. The molecule has 0 aliphatic rings. The molecular formula is C29H22NOP. The van der Waals surface area contributed by atoms with Crippen LogP contribution in [0.3, 0.4) is 0 Å². The standard InChI is InChI=1S/C29H22NOP/c31-32(26-14-6-2-7-15-26,27-16-8-3-9-17-27)28-18-10-13-25(21-28)29-22-24(19-20-30-29)23-11-4-1-5-12-23/h1-22H. The number of pyridine rings is 1. The van der Waals surface area contributed by atoms with E-state index in [-0.39, 0.29) is 0 Å². The first kappa shape index (κ1) is 20.2. The quantitative estimate of drug-likeness (QED) is 0.317. The average molecular weight is 431 g/mol. The minimum atomic E-state index is -3.02. The maximum absolute atomic E-state index is 14.7. The summed E-state index contributed by atoms with van der Waals surface area (Å²) in [5, 5.41) is 2.46. The van der Waals surface area contributed by atoms with Crippen LogP contribution < -0.4 is 15.9 Å². The van der Waals surface area contributed by atoms with E-state index in [1.165, 1.54) is 0 Å². The van der Waals surface area contributed by atoms with Crippen LogP contribution in [0.4, 0.5) is 0 Å². The predicted octanol–water partition coefficient (Wildman–Crippen LogP) is 6.06. The summed E-state index contributed by atoms with van der Waals surface area (Å²) in [6, 6.07) is 41.9. The van der Waals surface area contributed by atoms with E-state index in [2.05, 4.69) is 23.2 Å². The van der Waals surface area contributed by atoms with E-state index in [0.717, 1.165) is 38.3 Å². The third-order valence-corrected chi connectivity index (χ3v) is 8.67. The van der Waals surface area contributed by atoms with Crippen LogP contribution in [0.15, 0.2) is 134 Å². The number of hydrogen-bond acceptors (Lipinski definition) is 2. The van der Waals surface area contributed by atoms with Gasteiger partial charge < -0.3 is 4.57 Å². The first-order chi connectivity index (χ1) is 15.7. The Bertz CT molecular complexity index is 1340. The zero-order chi connectivity index (χ0) is 21.8. The highest BCUT2D eigenvalue weighted by molar-refractivity contribution is 7.85. The fourth-order valence-electron chi connectivity index (χ4n) is 3.98. The lowest BCUT2D eigenvalue weighted by atomic mass is 10.0. The number of aromatic nitrogens is 1. The molecule has 4 aromatic carbocycles. The molecule has 0 radical (unpaired) electrons. The maximum Gasteiger partial charge on any atom is 0.171 e. The molecule has 3 heteroatoms. The molecule has 5 rings (SSSR count). The molecule has 154 valence electrons. The average Bonchev–Trinajstić information content (AvgIpc) is 2.90. The summed E-state index contributed by atoms with van der Waals surface area (Å²) in [4.78, 5) is 4.61. The van der Waals surface area contributed by atoms with Crippen LogP contribution in [0.25, 0.3) is 22.4 Å². The Kier molecular flexibility index (Phi) is 5.54. The molecule has 0 unspecified atom stereocenters. The number of benzene rings is 4. The molecule has 5 aromatic rings. The second kappa shape index (κ2) is 8.78. The second-order valence-electron chi connectivity index (χ2n) is 7.63. The first-order valence-electron chi connectivity index (χ1n) is 10.6. The Morgan fingerprint density at radius 3 is 1.62 bits per heavy atom. The number of nitrogens with zero attached hydrogens (tertiary/aromatic N) is 1. The Morgan fingerprint density at radius 1 is 0.469 bits per heavy atom. The molecule has 0 spiro atoms. The van der Waals surface area contributed by atoms with Crippen molar-refractivity contribution in [1.82, 2.24) is 4.98 Å². The smallest absolute Gasteiger partial charge is 0.171 e. The molecule has 1 aromatic heterocycles. The van der Waals surface area contributed by atoms with E-state index in [9.17, 15) is 4.57 Å². The monoisotopic (exact) mass is 431 g/mol. The highest BCUT2D eigenvalue weighted by Crippen LogP contribution is 2.42. The molecule has 1 heterocycles. The molecule has 0 N–H and O–H groups in total. The van der Waals surface area contributed by atoms with E-state index < -0.39 is 7.14 Å². The summed E-state index contributed by atoms with van der Waals surface area (Å²) < 4.78 is 14.7. The fourth-order valence-corrected chi connectivity index (χ4v) is 6.68. The molecule has 32 heavy (non-hydrogen) atoms. The maximum atomic E-state index is 14.7. The van der Waals surface area contributed by atoms with Crippen molar-refractivity contribution in [2.75, 3.05) is 0 Å². The number of rotatable bonds is 5. The predicted molar refractivity (Wildman–Crippen MR) is 135 cm³/mol. The SMILES string of the molecule is O=P(c1ccccc1)(c1ccccc1)c1cccc(-c2cc(-c3ccccc3)ccn2)c1. The van der Waals surface area contributed by atoms with Gasteiger partial charge in [0.1, 0.15) is 0 Å². The summed E-state index contributed by atoms with van der Waals surface area (Å²) in [7, 11) is -3.02. The highest BCUT2D eigenvalue weighted by atomic mass is 31.2. The summed E-state index contributed by atoms with van der Waals surface area (Å²) in [6.45, 7) is 0. The van der Waals surface area contributed by atoms with Crippen molar-refractivity contribution in [2.45, 2.75) is 0 Å². The lowest BCUT2D eigenvalue weighted by Crippen LogP contribution is -2.25. The Labute approximate surface area is 188 Å². The van der Waals surface area contributed by atoms with Crippen LogP contribution in [0.1, 0.15) is 0 Å². The van der Waals surface area contributed by atoms with Crippen molar-refractivity contribution in [3.05, 3.63) is 134 Å². The van der Waals surface area contributed by atoms with Crippen LogP contribution in [-0.4, -0.2) is 4.98 Å². The summed E-state index contributed by atoms with van der Waals surface area (Å²) >= 11 is 0.